The normalized spacial score (nSPS) is 13.0. The van der Waals surface area contributed by atoms with Crippen molar-refractivity contribution in [2.24, 2.45) is 0 Å². The van der Waals surface area contributed by atoms with Crippen LogP contribution in [-0.4, -0.2) is 102 Å². The summed E-state index contributed by atoms with van der Waals surface area (Å²) in [4.78, 5) is 59.5. The second-order valence-corrected chi connectivity index (χ2v) is 12.9. The van der Waals surface area contributed by atoms with Crippen LogP contribution in [0.1, 0.15) is 48.0 Å². The molecule has 7 rings (SSSR count). The van der Waals surface area contributed by atoms with Crippen molar-refractivity contribution in [1.82, 2.24) is 50.0 Å². The molecule has 18 nitrogen and oxygen atoms in total. The molecule has 0 atom stereocenters. The number of nitrogens with one attached hydrogen (secondary N) is 1. The Morgan fingerprint density at radius 3 is 2.35 bits per heavy atom. The maximum absolute atomic E-state index is 12.6. The van der Waals surface area contributed by atoms with Crippen LogP contribution >= 0.6 is 0 Å². The van der Waals surface area contributed by atoms with Crippen LogP contribution in [0.4, 0.5) is 23.7 Å². The van der Waals surface area contributed by atoms with Gasteiger partial charge < -0.3 is 35.7 Å². The van der Waals surface area contributed by atoms with Gasteiger partial charge in [-0.25, -0.2) is 34.6 Å². The molecule has 282 valence electrons. The van der Waals surface area contributed by atoms with Crippen molar-refractivity contribution in [2.45, 2.75) is 38.6 Å². The third kappa shape index (κ3) is 8.74. The van der Waals surface area contributed by atoms with Crippen molar-refractivity contribution in [3.05, 3.63) is 60.4 Å². The number of terminal acetylenes is 1. The topological polar surface area (TPSA) is 235 Å². The molecule has 0 spiro atoms. The molecule has 1 amide bonds. The molecule has 0 aliphatic carbocycles. The number of ketones is 1. The maximum atomic E-state index is 12.6. The Kier molecular flexibility index (Phi) is 11.3. The van der Waals surface area contributed by atoms with Crippen LogP contribution in [0.5, 0.6) is 0 Å². The Morgan fingerprint density at radius 1 is 0.891 bits per heavy atom. The van der Waals surface area contributed by atoms with E-state index in [9.17, 15) is 9.59 Å². The number of carbonyl (C=O) groups excluding carboxylic acids is 2. The standard InChI is InChI=1S/C37H40N14O4/c1-2-24-19-41-36(42-20-24)49-12-14-50(15-13-49)37-43-21-26(22-44-37)34(53)40-10-17-54-16-9-27(52)6-4-3-5-11-51-33-30(32(38)45-23-46-33)31(48-51)25-7-8-29-28(18-25)47-35(39)55-29/h1,7-8,18-23H,3-6,9-17H2,(H2,39,47)(H,40,53)(H2,38,45,46). The van der Waals surface area contributed by atoms with Crippen LogP contribution in [0.2, 0.25) is 0 Å². The SMILES string of the molecule is C#Cc1cnc(N2CCN(c3ncc(C(=O)NCCOCCC(=O)CCCCCn4nc(-c5ccc6oc(N)nc6c5)c5c(N)ncnc54)cn3)CC2)nc1. The van der Waals surface area contributed by atoms with Gasteiger partial charge in [0.25, 0.3) is 11.9 Å². The fourth-order valence-corrected chi connectivity index (χ4v) is 6.26. The third-order valence-corrected chi connectivity index (χ3v) is 9.17. The van der Waals surface area contributed by atoms with E-state index in [2.05, 4.69) is 55.9 Å². The highest BCUT2D eigenvalue weighted by atomic mass is 16.5. The summed E-state index contributed by atoms with van der Waals surface area (Å²) in [6.45, 7) is 4.25. The second-order valence-electron chi connectivity index (χ2n) is 12.9. The van der Waals surface area contributed by atoms with Gasteiger partial charge in [0.15, 0.2) is 11.2 Å². The molecule has 5 N–H and O–H groups in total. The molecule has 55 heavy (non-hydrogen) atoms. The number of amides is 1. The molecule has 0 radical (unpaired) electrons. The van der Waals surface area contributed by atoms with Crippen molar-refractivity contribution in [2.75, 3.05) is 67.2 Å². The second kappa shape index (κ2) is 16.9. The van der Waals surface area contributed by atoms with E-state index >= 15 is 0 Å². The molecule has 0 bridgehead atoms. The predicted molar refractivity (Wildman–Crippen MR) is 205 cm³/mol. The molecule has 6 heterocycles. The number of unbranched alkanes of at least 4 members (excludes halogenated alkanes) is 2. The van der Waals surface area contributed by atoms with Crippen LogP contribution in [0.25, 0.3) is 33.4 Å². The van der Waals surface area contributed by atoms with Gasteiger partial charge in [-0.1, -0.05) is 12.3 Å². The fourth-order valence-electron chi connectivity index (χ4n) is 6.26. The van der Waals surface area contributed by atoms with E-state index in [-0.39, 0.29) is 30.9 Å². The summed E-state index contributed by atoms with van der Waals surface area (Å²) in [5.41, 5.74) is 16.2. The lowest BCUT2D eigenvalue weighted by Gasteiger charge is -2.34. The Labute approximate surface area is 315 Å². The van der Waals surface area contributed by atoms with Gasteiger partial charge in [0.2, 0.25) is 11.9 Å². The summed E-state index contributed by atoms with van der Waals surface area (Å²) >= 11 is 0. The van der Waals surface area contributed by atoms with E-state index in [1.54, 1.807) is 18.5 Å². The van der Waals surface area contributed by atoms with Crippen molar-refractivity contribution >= 4 is 57.6 Å². The minimum absolute atomic E-state index is 0.0937. The Hall–Kier alpha value is -6.74. The lowest BCUT2D eigenvalue weighted by molar-refractivity contribution is -0.120. The number of fused-ring (bicyclic) bond motifs is 2. The van der Waals surface area contributed by atoms with E-state index in [0.29, 0.717) is 109 Å². The number of nitrogens with two attached hydrogens (primary N) is 2. The number of aryl methyl sites for hydroxylation is 1. The van der Waals surface area contributed by atoms with Crippen LogP contribution in [-0.2, 0) is 16.1 Å². The molecule has 6 aromatic rings. The molecular formula is C37H40N14O4. The summed E-state index contributed by atoms with van der Waals surface area (Å²) in [6.07, 6.45) is 16.3. The van der Waals surface area contributed by atoms with Gasteiger partial charge >= 0.3 is 0 Å². The third-order valence-electron chi connectivity index (χ3n) is 9.17. The number of ether oxygens (including phenoxy) is 1. The molecule has 1 saturated heterocycles. The molecule has 5 aromatic heterocycles. The van der Waals surface area contributed by atoms with E-state index < -0.39 is 0 Å². The number of piperazine rings is 1. The summed E-state index contributed by atoms with van der Waals surface area (Å²) in [5.74, 6) is 3.88. The molecule has 1 aromatic carbocycles. The summed E-state index contributed by atoms with van der Waals surface area (Å²) in [6, 6.07) is 5.60. The lowest BCUT2D eigenvalue weighted by atomic mass is 10.1. The molecule has 0 saturated carbocycles. The molecule has 1 aliphatic heterocycles. The zero-order chi connectivity index (χ0) is 38.1. The Morgan fingerprint density at radius 2 is 1.62 bits per heavy atom. The number of oxazole rings is 1. The van der Waals surface area contributed by atoms with Gasteiger partial charge in [-0.05, 0) is 31.0 Å². The maximum Gasteiger partial charge on any atom is 0.292 e. The monoisotopic (exact) mass is 744 g/mol. The molecule has 18 heteroatoms. The number of hydrogen-bond donors (Lipinski definition) is 3. The molecule has 1 aliphatic rings. The van der Waals surface area contributed by atoms with Crippen molar-refractivity contribution in [3.63, 3.8) is 0 Å². The highest BCUT2D eigenvalue weighted by Gasteiger charge is 2.22. The van der Waals surface area contributed by atoms with Gasteiger partial charge in [-0.15, -0.1) is 6.42 Å². The number of anilines is 4. The first-order valence-electron chi connectivity index (χ1n) is 18.0. The molecule has 1 fully saturated rings. The minimum atomic E-state index is -0.294. The van der Waals surface area contributed by atoms with Crippen molar-refractivity contribution in [1.29, 1.82) is 0 Å². The van der Waals surface area contributed by atoms with Crippen LogP contribution in [0.15, 0.2) is 53.7 Å². The zero-order valence-electron chi connectivity index (χ0n) is 30.1. The van der Waals surface area contributed by atoms with Gasteiger partial charge in [0.1, 0.15) is 29.1 Å². The minimum Gasteiger partial charge on any atom is -0.424 e. The van der Waals surface area contributed by atoms with Gasteiger partial charge in [0.05, 0.1) is 29.7 Å². The number of aromatic nitrogens is 9. The first kappa shape index (κ1) is 36.6. The van der Waals surface area contributed by atoms with Gasteiger partial charge in [0, 0.05) is 82.5 Å². The highest BCUT2D eigenvalue weighted by Crippen LogP contribution is 2.32. The first-order valence-corrected chi connectivity index (χ1v) is 18.0. The zero-order valence-corrected chi connectivity index (χ0v) is 30.1. The molecule has 0 unspecified atom stereocenters. The highest BCUT2D eigenvalue weighted by molar-refractivity contribution is 5.99. The Balaban J connectivity index is 0.768. The number of nitrogens with zero attached hydrogens (tertiary/aromatic N) is 11. The average Bonchev–Trinajstić information content (AvgIpc) is 3.79. The number of nitrogen functional groups attached to an aromatic ring is 2. The average molecular weight is 745 g/mol. The lowest BCUT2D eigenvalue weighted by Crippen LogP contribution is -2.47. The summed E-state index contributed by atoms with van der Waals surface area (Å²) < 4.78 is 12.8. The van der Waals surface area contributed by atoms with E-state index in [1.165, 1.54) is 18.7 Å². The number of carbonyl (C=O) groups is 2. The largest absolute Gasteiger partial charge is 0.424 e. The molecular weight excluding hydrogens is 705 g/mol. The number of hydrogen-bond acceptors (Lipinski definition) is 16. The summed E-state index contributed by atoms with van der Waals surface area (Å²) in [7, 11) is 0. The summed E-state index contributed by atoms with van der Waals surface area (Å²) in [5, 5.41) is 8.28. The van der Waals surface area contributed by atoms with Crippen LogP contribution in [0.3, 0.4) is 0 Å². The quantitative estimate of drug-likeness (QED) is 0.0954. The van der Waals surface area contributed by atoms with Crippen molar-refractivity contribution < 1.29 is 18.7 Å². The van der Waals surface area contributed by atoms with Gasteiger partial charge in [-0.2, -0.15) is 10.1 Å². The Bertz CT molecular complexity index is 2310. The number of rotatable bonds is 16. The first-order chi connectivity index (χ1) is 26.9. The van der Waals surface area contributed by atoms with Crippen LogP contribution in [0, 0.1) is 12.3 Å². The fraction of sp³-hybridized carbons (Fsp3) is 0.351. The smallest absolute Gasteiger partial charge is 0.292 e. The van der Waals surface area contributed by atoms with E-state index in [0.717, 1.165) is 24.8 Å². The van der Waals surface area contributed by atoms with Gasteiger partial charge in [-0.3, -0.25) is 9.59 Å². The number of Topliss-reactive ketones (excluding diaryl/α,β-unsaturated/α-hetero) is 1. The predicted octanol–water partition coefficient (Wildman–Crippen LogP) is 2.65. The van der Waals surface area contributed by atoms with Crippen molar-refractivity contribution in [3.8, 4) is 23.6 Å². The van der Waals surface area contributed by atoms with Crippen LogP contribution < -0.4 is 26.6 Å². The van der Waals surface area contributed by atoms with E-state index in [1.807, 2.05) is 16.8 Å². The van der Waals surface area contributed by atoms with E-state index in [4.69, 9.17) is 32.1 Å². The number of benzene rings is 1.